The van der Waals surface area contributed by atoms with Crippen molar-refractivity contribution in [2.24, 2.45) is 10.2 Å². The highest BCUT2D eigenvalue weighted by atomic mass is 16.3. The number of phenols is 1. The lowest BCUT2D eigenvalue weighted by Gasteiger charge is -2.11. The SMILES string of the molecule is CC1=NN(CCC#N)C(=O)C1=NNc1cccc(CCc2cc(C)cc(C)c2)c1O. The van der Waals surface area contributed by atoms with Gasteiger partial charge in [0, 0.05) is 0 Å². The molecule has 0 spiro atoms. The Morgan fingerprint density at radius 1 is 1.17 bits per heavy atom. The van der Waals surface area contributed by atoms with Crippen LogP contribution in [0.15, 0.2) is 46.6 Å². The Labute approximate surface area is 176 Å². The monoisotopic (exact) mass is 403 g/mol. The van der Waals surface area contributed by atoms with Crippen LogP contribution in [0.2, 0.25) is 0 Å². The molecule has 1 aliphatic heterocycles. The highest BCUT2D eigenvalue weighted by Crippen LogP contribution is 2.29. The third-order valence-electron chi connectivity index (χ3n) is 4.86. The van der Waals surface area contributed by atoms with E-state index < -0.39 is 0 Å². The number of hydrogen-bond donors (Lipinski definition) is 2. The van der Waals surface area contributed by atoms with Crippen LogP contribution in [0.3, 0.4) is 0 Å². The molecule has 0 fully saturated rings. The van der Waals surface area contributed by atoms with Gasteiger partial charge in [0.25, 0.3) is 5.91 Å². The molecule has 30 heavy (non-hydrogen) atoms. The van der Waals surface area contributed by atoms with Gasteiger partial charge in [0.1, 0.15) is 5.75 Å². The van der Waals surface area contributed by atoms with Crippen molar-refractivity contribution in [3.63, 3.8) is 0 Å². The van der Waals surface area contributed by atoms with E-state index in [0.717, 1.165) is 12.0 Å². The molecule has 2 aromatic rings. The number of hydrogen-bond acceptors (Lipinski definition) is 6. The maximum Gasteiger partial charge on any atom is 0.296 e. The number of amides is 1. The van der Waals surface area contributed by atoms with Crippen LogP contribution in [0.5, 0.6) is 5.75 Å². The van der Waals surface area contributed by atoms with E-state index >= 15 is 0 Å². The molecular formula is C23H25N5O2. The van der Waals surface area contributed by atoms with E-state index in [4.69, 9.17) is 5.26 Å². The fourth-order valence-corrected chi connectivity index (χ4v) is 3.48. The first-order valence-corrected chi connectivity index (χ1v) is 9.85. The molecule has 0 unspecified atom stereocenters. The zero-order valence-electron chi connectivity index (χ0n) is 17.4. The third kappa shape index (κ3) is 4.84. The molecule has 2 N–H and O–H groups in total. The number of aromatic hydroxyl groups is 1. The standard InChI is InChI=1S/C23H25N5O2/c1-15-12-16(2)14-18(13-15)8-9-19-6-4-7-20(22(19)29)25-26-21-17(3)27-28(23(21)30)11-5-10-24/h4,6-7,12-14,25,29H,5,8-9,11H2,1-3H3. The molecule has 0 bridgehead atoms. The summed E-state index contributed by atoms with van der Waals surface area (Å²) >= 11 is 0. The van der Waals surface area contributed by atoms with Crippen LogP contribution in [0.4, 0.5) is 5.69 Å². The Balaban J connectivity index is 1.71. The average molecular weight is 403 g/mol. The lowest BCUT2D eigenvalue weighted by atomic mass is 10.00. The van der Waals surface area contributed by atoms with Crippen molar-refractivity contribution >= 4 is 23.0 Å². The number of aryl methyl sites for hydroxylation is 4. The maximum atomic E-state index is 12.4. The Hall–Kier alpha value is -3.66. The summed E-state index contributed by atoms with van der Waals surface area (Å²) in [5, 5.41) is 28.9. The number of nitriles is 1. The smallest absolute Gasteiger partial charge is 0.296 e. The van der Waals surface area contributed by atoms with Crippen molar-refractivity contribution in [1.82, 2.24) is 5.01 Å². The molecule has 0 aromatic heterocycles. The minimum atomic E-state index is -0.360. The first kappa shape index (κ1) is 21.1. The van der Waals surface area contributed by atoms with E-state index in [1.165, 1.54) is 21.7 Å². The summed E-state index contributed by atoms with van der Waals surface area (Å²) < 4.78 is 0. The van der Waals surface area contributed by atoms with E-state index in [2.05, 4.69) is 47.7 Å². The molecule has 7 heteroatoms. The summed E-state index contributed by atoms with van der Waals surface area (Å²) in [5.41, 5.74) is 8.34. The van der Waals surface area contributed by atoms with Gasteiger partial charge in [0.15, 0.2) is 5.71 Å². The van der Waals surface area contributed by atoms with Gasteiger partial charge in [-0.1, -0.05) is 41.5 Å². The number of benzene rings is 2. The maximum absolute atomic E-state index is 12.4. The highest BCUT2D eigenvalue weighted by Gasteiger charge is 2.29. The average Bonchev–Trinajstić information content (AvgIpc) is 2.97. The van der Waals surface area contributed by atoms with Crippen LogP contribution >= 0.6 is 0 Å². The fraction of sp³-hybridized carbons (Fsp3) is 0.304. The van der Waals surface area contributed by atoms with Crippen LogP contribution in [0.1, 0.15) is 35.6 Å². The number of nitrogens with one attached hydrogen (secondary N) is 1. The number of carbonyl (C=O) groups excluding carboxylic acids is 1. The molecular weight excluding hydrogens is 378 g/mol. The van der Waals surface area contributed by atoms with Crippen molar-refractivity contribution in [3.8, 4) is 11.8 Å². The zero-order chi connectivity index (χ0) is 21.7. The second-order valence-corrected chi connectivity index (χ2v) is 7.40. The van der Waals surface area contributed by atoms with Gasteiger partial charge in [-0.25, -0.2) is 5.01 Å². The summed E-state index contributed by atoms with van der Waals surface area (Å²) in [6, 6.07) is 13.9. The second-order valence-electron chi connectivity index (χ2n) is 7.40. The van der Waals surface area contributed by atoms with Crippen molar-refractivity contribution in [2.75, 3.05) is 12.0 Å². The molecule has 0 radical (unpaired) electrons. The van der Waals surface area contributed by atoms with Crippen molar-refractivity contribution < 1.29 is 9.90 Å². The number of rotatable bonds is 7. The normalized spacial score (nSPS) is 14.7. The molecule has 154 valence electrons. The third-order valence-corrected chi connectivity index (χ3v) is 4.86. The number of carbonyl (C=O) groups is 1. The number of para-hydroxylation sites is 1. The minimum absolute atomic E-state index is 0.118. The Kier molecular flexibility index (Phi) is 6.48. The number of nitrogens with zero attached hydrogens (tertiary/aromatic N) is 4. The molecule has 0 saturated heterocycles. The van der Waals surface area contributed by atoms with Crippen molar-refractivity contribution in [3.05, 3.63) is 58.7 Å². The Morgan fingerprint density at radius 2 is 1.90 bits per heavy atom. The first-order valence-electron chi connectivity index (χ1n) is 9.85. The van der Waals surface area contributed by atoms with Gasteiger partial charge >= 0.3 is 0 Å². The van der Waals surface area contributed by atoms with Crippen LogP contribution in [-0.4, -0.2) is 34.0 Å². The molecule has 2 aromatic carbocycles. The zero-order valence-corrected chi connectivity index (χ0v) is 17.4. The van der Waals surface area contributed by atoms with Gasteiger partial charge in [-0.15, -0.1) is 0 Å². The van der Waals surface area contributed by atoms with Crippen LogP contribution in [0, 0.1) is 25.2 Å². The van der Waals surface area contributed by atoms with Gasteiger partial charge in [-0.2, -0.15) is 15.5 Å². The van der Waals surface area contributed by atoms with Gasteiger partial charge in [0.05, 0.1) is 30.4 Å². The van der Waals surface area contributed by atoms with Gasteiger partial charge in [0.2, 0.25) is 0 Å². The fourth-order valence-electron chi connectivity index (χ4n) is 3.48. The molecule has 1 heterocycles. The molecule has 0 saturated carbocycles. The molecule has 7 nitrogen and oxygen atoms in total. The van der Waals surface area contributed by atoms with Gasteiger partial charge < -0.3 is 5.11 Å². The van der Waals surface area contributed by atoms with Gasteiger partial charge in [-0.05, 0) is 50.8 Å². The molecule has 3 rings (SSSR count). The van der Waals surface area contributed by atoms with E-state index in [-0.39, 0.29) is 30.3 Å². The van der Waals surface area contributed by atoms with E-state index in [0.29, 0.717) is 17.8 Å². The van der Waals surface area contributed by atoms with Crippen molar-refractivity contribution in [2.45, 2.75) is 40.0 Å². The second kappa shape index (κ2) is 9.23. The first-order chi connectivity index (χ1) is 14.4. The van der Waals surface area contributed by atoms with E-state index in [1.807, 2.05) is 18.2 Å². The quantitative estimate of drug-likeness (QED) is 0.544. The highest BCUT2D eigenvalue weighted by molar-refractivity contribution is 6.68. The van der Waals surface area contributed by atoms with Gasteiger partial charge in [-0.3, -0.25) is 10.2 Å². The van der Waals surface area contributed by atoms with E-state index in [1.54, 1.807) is 13.0 Å². The summed E-state index contributed by atoms with van der Waals surface area (Å²) in [4.78, 5) is 12.4. The molecule has 0 atom stereocenters. The number of phenolic OH excluding ortho intramolecular Hbond substituents is 1. The molecule has 0 aliphatic carbocycles. The summed E-state index contributed by atoms with van der Waals surface area (Å²) in [6.07, 6.45) is 1.70. The van der Waals surface area contributed by atoms with Crippen LogP contribution in [0.25, 0.3) is 0 Å². The predicted octanol–water partition coefficient (Wildman–Crippen LogP) is 3.69. The summed E-state index contributed by atoms with van der Waals surface area (Å²) in [7, 11) is 0. The van der Waals surface area contributed by atoms with Crippen LogP contribution in [-0.2, 0) is 17.6 Å². The molecule has 1 amide bonds. The lowest BCUT2D eigenvalue weighted by molar-refractivity contribution is -0.123. The minimum Gasteiger partial charge on any atom is -0.505 e. The van der Waals surface area contributed by atoms with E-state index in [9.17, 15) is 9.90 Å². The number of anilines is 1. The summed E-state index contributed by atoms with van der Waals surface area (Å²) in [6.45, 7) is 6.07. The number of hydrazone groups is 2. The predicted molar refractivity (Wildman–Crippen MR) is 118 cm³/mol. The Bertz CT molecular complexity index is 1050. The molecule has 1 aliphatic rings. The lowest BCUT2D eigenvalue weighted by Crippen LogP contribution is -2.28. The van der Waals surface area contributed by atoms with Crippen molar-refractivity contribution in [1.29, 1.82) is 5.26 Å². The largest absolute Gasteiger partial charge is 0.505 e. The summed E-state index contributed by atoms with van der Waals surface area (Å²) in [5.74, 6) is -0.242. The Morgan fingerprint density at radius 3 is 2.60 bits per heavy atom. The van der Waals surface area contributed by atoms with Crippen LogP contribution < -0.4 is 5.43 Å². The topological polar surface area (TPSA) is 101 Å².